The predicted octanol–water partition coefficient (Wildman–Crippen LogP) is 5.03. The van der Waals surface area contributed by atoms with Crippen LogP contribution in [0.2, 0.25) is 0 Å². The molecule has 1 fully saturated rings. The van der Waals surface area contributed by atoms with Crippen LogP contribution in [0.1, 0.15) is 21.7 Å². The number of anilines is 1. The van der Waals surface area contributed by atoms with Crippen molar-refractivity contribution in [2.45, 2.75) is 6.42 Å². The molecule has 0 radical (unpaired) electrons. The van der Waals surface area contributed by atoms with Gasteiger partial charge in [0.25, 0.3) is 11.1 Å². The predicted molar refractivity (Wildman–Crippen MR) is 137 cm³/mol. The molecule has 3 aromatic carbocycles. The third-order valence-electron chi connectivity index (χ3n) is 6.02. The summed E-state index contributed by atoms with van der Waals surface area (Å²) in [6, 6.07) is 21.8. The second kappa shape index (κ2) is 10.7. The molecule has 184 valence electrons. The minimum Gasteiger partial charge on any atom is -0.493 e. The van der Waals surface area contributed by atoms with Crippen LogP contribution in [-0.2, 0) is 6.42 Å². The summed E-state index contributed by atoms with van der Waals surface area (Å²) in [4.78, 5) is 21.4. The third kappa shape index (κ3) is 5.31. The number of halogens is 1. The highest BCUT2D eigenvalue weighted by molar-refractivity contribution is 7.07. The van der Waals surface area contributed by atoms with E-state index in [0.29, 0.717) is 66.4 Å². The highest BCUT2D eigenvalue weighted by Crippen LogP contribution is 2.34. The summed E-state index contributed by atoms with van der Waals surface area (Å²) in [5, 5.41) is 0.377. The number of carbonyl (C=O) groups is 1. The summed E-state index contributed by atoms with van der Waals surface area (Å²) in [6.45, 7) is 2.10. The molecule has 1 aliphatic rings. The molecule has 0 spiro atoms. The van der Waals surface area contributed by atoms with Gasteiger partial charge in [-0.25, -0.2) is 4.39 Å². The van der Waals surface area contributed by atoms with Crippen molar-refractivity contribution in [3.8, 4) is 16.7 Å². The molecule has 36 heavy (non-hydrogen) atoms. The first-order chi connectivity index (χ1) is 17.6. The third-order valence-corrected chi connectivity index (χ3v) is 6.66. The summed E-state index contributed by atoms with van der Waals surface area (Å²) in [5.41, 5.74) is 2.16. The van der Waals surface area contributed by atoms with Gasteiger partial charge in [-0.2, -0.15) is 9.36 Å². The SMILES string of the molecule is COc1ccc(C(=O)N2CCN(c3ccccc3F)CC2)cc1Oc1nc(Cc2ccccc2)ns1. The molecule has 0 N–H and O–H groups in total. The highest BCUT2D eigenvalue weighted by Gasteiger charge is 2.24. The van der Waals surface area contributed by atoms with Crippen molar-refractivity contribution in [3.63, 3.8) is 0 Å². The number of hydrogen-bond donors (Lipinski definition) is 0. The van der Waals surface area contributed by atoms with Gasteiger partial charge in [0.05, 0.1) is 12.8 Å². The van der Waals surface area contributed by atoms with Gasteiger partial charge in [0.2, 0.25) is 0 Å². The number of nitrogens with zero attached hydrogens (tertiary/aromatic N) is 4. The number of para-hydroxylation sites is 1. The van der Waals surface area contributed by atoms with E-state index in [1.807, 2.05) is 41.3 Å². The molecule has 0 atom stereocenters. The molecule has 0 saturated carbocycles. The van der Waals surface area contributed by atoms with Gasteiger partial charge in [0.1, 0.15) is 5.82 Å². The second-order valence-electron chi connectivity index (χ2n) is 8.34. The van der Waals surface area contributed by atoms with E-state index in [1.165, 1.54) is 6.07 Å². The van der Waals surface area contributed by atoms with E-state index in [4.69, 9.17) is 9.47 Å². The van der Waals surface area contributed by atoms with E-state index in [2.05, 4.69) is 9.36 Å². The maximum absolute atomic E-state index is 14.1. The Balaban J connectivity index is 1.26. The maximum atomic E-state index is 14.1. The quantitative estimate of drug-likeness (QED) is 0.352. The van der Waals surface area contributed by atoms with Crippen molar-refractivity contribution in [2.75, 3.05) is 38.2 Å². The van der Waals surface area contributed by atoms with Gasteiger partial charge in [-0.3, -0.25) is 4.79 Å². The number of ether oxygens (including phenoxy) is 2. The van der Waals surface area contributed by atoms with E-state index in [9.17, 15) is 9.18 Å². The number of aromatic nitrogens is 2. The fraction of sp³-hybridized carbons (Fsp3) is 0.222. The molecular formula is C27H25FN4O3S. The summed E-state index contributed by atoms with van der Waals surface area (Å²) >= 11 is 1.15. The first kappa shape index (κ1) is 23.7. The molecule has 0 unspecified atom stereocenters. The number of hydrogen-bond acceptors (Lipinski definition) is 7. The normalized spacial score (nSPS) is 13.5. The average molecular weight is 505 g/mol. The van der Waals surface area contributed by atoms with Gasteiger partial charge in [-0.05, 0) is 35.9 Å². The van der Waals surface area contributed by atoms with Crippen LogP contribution in [0.25, 0.3) is 0 Å². The van der Waals surface area contributed by atoms with Crippen molar-refractivity contribution in [1.82, 2.24) is 14.3 Å². The zero-order valence-electron chi connectivity index (χ0n) is 19.8. The lowest BCUT2D eigenvalue weighted by molar-refractivity contribution is 0.0746. The van der Waals surface area contributed by atoms with Crippen LogP contribution in [0.15, 0.2) is 72.8 Å². The molecule has 1 amide bonds. The minimum atomic E-state index is -0.252. The monoisotopic (exact) mass is 504 g/mol. The molecular weight excluding hydrogens is 479 g/mol. The molecule has 0 aliphatic carbocycles. The van der Waals surface area contributed by atoms with Crippen LogP contribution in [0.3, 0.4) is 0 Å². The molecule has 9 heteroatoms. The number of rotatable bonds is 7. The van der Waals surface area contributed by atoms with E-state index >= 15 is 0 Å². The molecule has 1 saturated heterocycles. The van der Waals surface area contributed by atoms with Crippen LogP contribution >= 0.6 is 11.5 Å². The summed E-state index contributed by atoms with van der Waals surface area (Å²) in [6.07, 6.45) is 0.606. The molecule has 1 aromatic heterocycles. The Kier molecular flexibility index (Phi) is 7.08. The van der Waals surface area contributed by atoms with Gasteiger partial charge in [0, 0.05) is 49.7 Å². The van der Waals surface area contributed by atoms with Crippen molar-refractivity contribution in [3.05, 3.63) is 95.6 Å². The number of amides is 1. The molecule has 1 aliphatic heterocycles. The van der Waals surface area contributed by atoms with E-state index in [1.54, 1.807) is 42.3 Å². The average Bonchev–Trinajstić information content (AvgIpc) is 3.35. The Hall–Kier alpha value is -3.98. The van der Waals surface area contributed by atoms with Gasteiger partial charge in [-0.1, -0.05) is 42.5 Å². The van der Waals surface area contributed by atoms with E-state index < -0.39 is 0 Å². The maximum Gasteiger partial charge on any atom is 0.298 e. The van der Waals surface area contributed by atoms with Crippen LogP contribution in [-0.4, -0.2) is 53.5 Å². The van der Waals surface area contributed by atoms with Crippen molar-refractivity contribution in [2.24, 2.45) is 0 Å². The Morgan fingerprint density at radius 1 is 0.972 bits per heavy atom. The van der Waals surface area contributed by atoms with E-state index in [0.717, 1.165) is 17.1 Å². The largest absolute Gasteiger partial charge is 0.493 e. The van der Waals surface area contributed by atoms with Crippen molar-refractivity contribution < 1.29 is 18.7 Å². The number of piperazine rings is 1. The fourth-order valence-electron chi connectivity index (χ4n) is 4.15. The summed E-state index contributed by atoms with van der Waals surface area (Å²) < 4.78 is 30.0. The van der Waals surface area contributed by atoms with Crippen molar-refractivity contribution >= 4 is 23.1 Å². The molecule has 5 rings (SSSR count). The second-order valence-corrected chi connectivity index (χ2v) is 9.05. The van der Waals surface area contributed by atoms with Gasteiger partial charge >= 0.3 is 0 Å². The lowest BCUT2D eigenvalue weighted by atomic mass is 10.1. The van der Waals surface area contributed by atoms with Crippen LogP contribution in [0.4, 0.5) is 10.1 Å². The Bertz CT molecular complexity index is 1340. The summed E-state index contributed by atoms with van der Waals surface area (Å²) in [5.74, 6) is 1.20. The van der Waals surface area contributed by atoms with Gasteiger partial charge in [-0.15, -0.1) is 0 Å². The van der Waals surface area contributed by atoms with Crippen LogP contribution in [0.5, 0.6) is 16.7 Å². The summed E-state index contributed by atoms with van der Waals surface area (Å²) in [7, 11) is 1.55. The van der Waals surface area contributed by atoms with Crippen LogP contribution in [0, 0.1) is 5.82 Å². The zero-order valence-corrected chi connectivity index (χ0v) is 20.6. The number of carbonyl (C=O) groups excluding carboxylic acids is 1. The molecule has 4 aromatic rings. The number of benzene rings is 3. The van der Waals surface area contributed by atoms with Crippen LogP contribution < -0.4 is 14.4 Å². The lowest BCUT2D eigenvalue weighted by Crippen LogP contribution is -2.49. The number of methoxy groups -OCH3 is 1. The fourth-order valence-corrected chi connectivity index (χ4v) is 4.72. The zero-order chi connectivity index (χ0) is 24.9. The van der Waals surface area contributed by atoms with Gasteiger partial charge < -0.3 is 19.3 Å². The lowest BCUT2D eigenvalue weighted by Gasteiger charge is -2.36. The van der Waals surface area contributed by atoms with Gasteiger partial charge in [0.15, 0.2) is 17.3 Å². The molecule has 2 heterocycles. The first-order valence-corrected chi connectivity index (χ1v) is 12.4. The standard InChI is InChI=1S/C27H25FN4O3S/c1-34-23-12-11-20(26(33)32-15-13-31(14-16-32)22-10-6-5-9-21(22)28)18-24(23)35-27-29-25(30-36-27)17-19-7-3-2-4-8-19/h2-12,18H,13-17H2,1H3. The van der Waals surface area contributed by atoms with Crippen molar-refractivity contribution in [1.29, 1.82) is 0 Å². The minimum absolute atomic E-state index is 0.113. The topological polar surface area (TPSA) is 67.8 Å². The Morgan fingerprint density at radius 3 is 2.47 bits per heavy atom. The first-order valence-electron chi connectivity index (χ1n) is 11.6. The highest BCUT2D eigenvalue weighted by atomic mass is 32.1. The van der Waals surface area contributed by atoms with E-state index in [-0.39, 0.29) is 11.7 Å². The Labute approximate surface area is 212 Å². The smallest absolute Gasteiger partial charge is 0.298 e. The molecule has 7 nitrogen and oxygen atoms in total. The Morgan fingerprint density at radius 2 is 1.72 bits per heavy atom. The molecule has 0 bridgehead atoms.